The molecule has 1 amide bonds. The summed E-state index contributed by atoms with van der Waals surface area (Å²) < 4.78 is 0. The van der Waals surface area contributed by atoms with Gasteiger partial charge in [0.25, 0.3) is 0 Å². The van der Waals surface area contributed by atoms with Crippen molar-refractivity contribution >= 4 is 17.2 Å². The van der Waals surface area contributed by atoms with Crippen LogP contribution in [0.5, 0.6) is 0 Å². The first kappa shape index (κ1) is 16.1. The van der Waals surface area contributed by atoms with Crippen molar-refractivity contribution in [1.29, 1.82) is 0 Å². The number of carbonyl (C=O) groups is 1. The first-order chi connectivity index (χ1) is 11.1. The van der Waals surface area contributed by atoms with Crippen molar-refractivity contribution in [3.8, 4) is 0 Å². The van der Waals surface area contributed by atoms with Gasteiger partial charge in [0.15, 0.2) is 0 Å². The van der Waals surface area contributed by atoms with Crippen LogP contribution in [0.4, 0.5) is 0 Å². The molecule has 0 saturated carbocycles. The van der Waals surface area contributed by atoms with Crippen LogP contribution >= 0.6 is 11.3 Å². The van der Waals surface area contributed by atoms with Crippen LogP contribution in [-0.4, -0.2) is 41.3 Å². The van der Waals surface area contributed by atoms with Crippen molar-refractivity contribution in [3.05, 3.63) is 52.0 Å². The fraction of sp³-hybridized carbons (Fsp3) is 0.444. The first-order valence-corrected chi connectivity index (χ1v) is 8.98. The number of thiophene rings is 1. The predicted octanol–water partition coefficient (Wildman–Crippen LogP) is 3.11. The van der Waals surface area contributed by atoms with Gasteiger partial charge in [0.05, 0.1) is 18.2 Å². The summed E-state index contributed by atoms with van der Waals surface area (Å²) in [6, 6.07) is 6.37. The third kappa shape index (κ3) is 3.98. The molecule has 1 aliphatic rings. The van der Waals surface area contributed by atoms with Gasteiger partial charge in [-0.1, -0.05) is 6.07 Å². The Bertz CT molecular complexity index is 637. The van der Waals surface area contributed by atoms with Gasteiger partial charge in [-0.25, -0.2) is 0 Å². The molecule has 2 aromatic rings. The Labute approximate surface area is 141 Å². The second-order valence-electron chi connectivity index (χ2n) is 6.38. The highest BCUT2D eigenvalue weighted by Crippen LogP contribution is 2.31. The van der Waals surface area contributed by atoms with E-state index in [1.807, 2.05) is 22.5 Å². The average molecular weight is 329 g/mol. The fourth-order valence-electron chi connectivity index (χ4n) is 3.13. The molecule has 23 heavy (non-hydrogen) atoms. The molecular weight excluding hydrogens is 306 g/mol. The standard InChI is InChI=1S/C18H23N3OS/c1-20(2)12-15-5-6-16(19-11-15)17-4-3-8-21(17)18(22)10-14-7-9-23-13-14/h5-7,9,11,13,17H,3-4,8,10,12H2,1-2H3. The summed E-state index contributed by atoms with van der Waals surface area (Å²) in [4.78, 5) is 21.4. The third-order valence-electron chi connectivity index (χ3n) is 4.20. The van der Waals surface area contributed by atoms with Crippen LogP contribution in [0, 0.1) is 0 Å². The van der Waals surface area contributed by atoms with Gasteiger partial charge in [0.1, 0.15) is 0 Å². The summed E-state index contributed by atoms with van der Waals surface area (Å²) in [5, 5.41) is 4.08. The molecule has 1 atom stereocenters. The van der Waals surface area contributed by atoms with E-state index in [0.29, 0.717) is 6.42 Å². The van der Waals surface area contributed by atoms with Crippen molar-refractivity contribution in [1.82, 2.24) is 14.8 Å². The lowest BCUT2D eigenvalue weighted by Crippen LogP contribution is -2.32. The van der Waals surface area contributed by atoms with Gasteiger partial charge in [0.2, 0.25) is 5.91 Å². The number of aromatic nitrogens is 1. The maximum Gasteiger partial charge on any atom is 0.227 e. The summed E-state index contributed by atoms with van der Waals surface area (Å²) in [6.45, 7) is 1.73. The molecule has 5 heteroatoms. The Balaban J connectivity index is 1.69. The molecule has 1 aliphatic heterocycles. The van der Waals surface area contributed by atoms with Gasteiger partial charge in [-0.2, -0.15) is 11.3 Å². The largest absolute Gasteiger partial charge is 0.334 e. The summed E-state index contributed by atoms with van der Waals surface area (Å²) in [5.41, 5.74) is 3.33. The number of nitrogens with zero attached hydrogens (tertiary/aromatic N) is 3. The molecule has 0 N–H and O–H groups in total. The number of pyridine rings is 1. The predicted molar refractivity (Wildman–Crippen MR) is 93.3 cm³/mol. The minimum atomic E-state index is 0.134. The molecule has 3 heterocycles. The zero-order valence-electron chi connectivity index (χ0n) is 13.7. The fourth-order valence-corrected chi connectivity index (χ4v) is 3.80. The molecule has 0 radical (unpaired) electrons. The third-order valence-corrected chi connectivity index (χ3v) is 4.93. The Morgan fingerprint density at radius 1 is 1.35 bits per heavy atom. The summed E-state index contributed by atoms with van der Waals surface area (Å²) in [6.07, 6.45) is 4.50. The molecule has 122 valence electrons. The van der Waals surface area contributed by atoms with E-state index >= 15 is 0 Å². The van der Waals surface area contributed by atoms with Crippen LogP contribution in [0.2, 0.25) is 0 Å². The number of hydrogen-bond acceptors (Lipinski definition) is 4. The van der Waals surface area contributed by atoms with Crippen molar-refractivity contribution < 1.29 is 4.79 Å². The monoisotopic (exact) mass is 329 g/mol. The van der Waals surface area contributed by atoms with Gasteiger partial charge in [-0.15, -0.1) is 0 Å². The van der Waals surface area contributed by atoms with Crippen molar-refractivity contribution in [2.24, 2.45) is 0 Å². The topological polar surface area (TPSA) is 36.4 Å². The molecule has 0 aliphatic carbocycles. The van der Waals surface area contributed by atoms with Gasteiger partial charge in [-0.05, 0) is 61.0 Å². The lowest BCUT2D eigenvalue weighted by molar-refractivity contribution is -0.131. The zero-order valence-corrected chi connectivity index (χ0v) is 14.6. The second kappa shape index (κ2) is 7.23. The summed E-state index contributed by atoms with van der Waals surface area (Å²) in [7, 11) is 4.10. The average Bonchev–Trinajstić information content (AvgIpc) is 3.18. The van der Waals surface area contributed by atoms with Crippen LogP contribution < -0.4 is 0 Å². The number of amides is 1. The zero-order chi connectivity index (χ0) is 16.2. The highest BCUT2D eigenvalue weighted by Gasteiger charge is 2.30. The molecule has 1 fully saturated rings. The molecule has 0 spiro atoms. The van der Waals surface area contributed by atoms with E-state index in [4.69, 9.17) is 0 Å². The van der Waals surface area contributed by atoms with Crippen LogP contribution in [0.3, 0.4) is 0 Å². The first-order valence-electron chi connectivity index (χ1n) is 8.03. The quantitative estimate of drug-likeness (QED) is 0.846. The van der Waals surface area contributed by atoms with Crippen LogP contribution in [0.1, 0.15) is 35.7 Å². The Morgan fingerprint density at radius 2 is 2.22 bits per heavy atom. The molecule has 0 bridgehead atoms. The molecule has 3 rings (SSSR count). The van der Waals surface area contributed by atoms with Gasteiger partial charge < -0.3 is 9.80 Å². The number of carbonyl (C=O) groups excluding carboxylic acids is 1. The number of rotatable bonds is 5. The SMILES string of the molecule is CN(C)Cc1ccc(C2CCCN2C(=O)Cc2ccsc2)nc1. The minimum absolute atomic E-state index is 0.134. The smallest absolute Gasteiger partial charge is 0.227 e. The lowest BCUT2D eigenvalue weighted by atomic mass is 10.1. The Hall–Kier alpha value is -1.72. The lowest BCUT2D eigenvalue weighted by Gasteiger charge is -2.24. The van der Waals surface area contributed by atoms with Crippen molar-refractivity contribution in [3.63, 3.8) is 0 Å². The maximum atomic E-state index is 12.6. The van der Waals surface area contributed by atoms with Gasteiger partial charge >= 0.3 is 0 Å². The van der Waals surface area contributed by atoms with Crippen LogP contribution in [-0.2, 0) is 17.8 Å². The van der Waals surface area contributed by atoms with E-state index in [9.17, 15) is 4.79 Å². The molecule has 0 aromatic carbocycles. The van der Waals surface area contributed by atoms with E-state index in [-0.39, 0.29) is 11.9 Å². The van der Waals surface area contributed by atoms with Crippen molar-refractivity contribution in [2.45, 2.75) is 31.8 Å². The van der Waals surface area contributed by atoms with Gasteiger partial charge in [-0.3, -0.25) is 9.78 Å². The Kier molecular flexibility index (Phi) is 5.08. The van der Waals surface area contributed by atoms with E-state index in [1.54, 1.807) is 11.3 Å². The van der Waals surface area contributed by atoms with Gasteiger partial charge in [0, 0.05) is 19.3 Å². The number of likely N-dealkylation sites (tertiary alicyclic amines) is 1. The molecule has 2 aromatic heterocycles. The summed E-state index contributed by atoms with van der Waals surface area (Å²) >= 11 is 1.64. The number of hydrogen-bond donors (Lipinski definition) is 0. The Morgan fingerprint density at radius 3 is 2.87 bits per heavy atom. The van der Waals surface area contributed by atoms with Crippen LogP contribution in [0.25, 0.3) is 0 Å². The van der Waals surface area contributed by atoms with E-state index in [2.05, 4.69) is 41.5 Å². The van der Waals surface area contributed by atoms with Crippen molar-refractivity contribution in [2.75, 3.05) is 20.6 Å². The second-order valence-corrected chi connectivity index (χ2v) is 7.16. The molecule has 1 saturated heterocycles. The highest BCUT2D eigenvalue weighted by atomic mass is 32.1. The minimum Gasteiger partial charge on any atom is -0.334 e. The molecule has 1 unspecified atom stereocenters. The summed E-state index contributed by atoms with van der Waals surface area (Å²) in [5.74, 6) is 0.213. The van der Waals surface area contributed by atoms with E-state index < -0.39 is 0 Å². The molecular formula is C18H23N3OS. The van der Waals surface area contributed by atoms with Crippen LogP contribution in [0.15, 0.2) is 35.2 Å². The van der Waals surface area contributed by atoms with E-state index in [0.717, 1.165) is 37.2 Å². The van der Waals surface area contributed by atoms with E-state index in [1.165, 1.54) is 5.56 Å². The normalized spacial score (nSPS) is 17.9. The molecule has 4 nitrogen and oxygen atoms in total. The highest BCUT2D eigenvalue weighted by molar-refractivity contribution is 7.07. The maximum absolute atomic E-state index is 12.6.